The standard InChI is InChI=1S/C30H44O9/c1-16-27(34)23(36-3)12-25(38-16)39-19-6-8-29(15-31)18(11-19)4-5-21-26(29)22(32)13-28(2)20(7-9-30(21,28)35)17-10-24(33)37-14-17/h10,15-16,18-23,25-27,32,34-35H,4-9,11-14H2,1-3H3/t16?,18-,19+,20-,21?,22-,23?,25-,26?,27-,28-,29-,30+/m1/s1. The molecule has 2 heterocycles. The number of aliphatic hydroxyl groups is 3. The van der Waals surface area contributed by atoms with E-state index in [0.717, 1.165) is 31.1 Å². The van der Waals surface area contributed by atoms with E-state index in [9.17, 15) is 24.9 Å². The second-order valence-electron chi connectivity index (χ2n) is 13.5. The minimum atomic E-state index is -1.01. The van der Waals surface area contributed by atoms with Crippen LogP contribution in [0.4, 0.5) is 0 Å². The van der Waals surface area contributed by atoms with Gasteiger partial charge < -0.3 is 39.1 Å². The molecule has 3 N–H and O–H groups in total. The van der Waals surface area contributed by atoms with Gasteiger partial charge in [0.05, 0.1) is 30.0 Å². The Kier molecular flexibility index (Phi) is 7.04. The molecule has 218 valence electrons. The van der Waals surface area contributed by atoms with Gasteiger partial charge >= 0.3 is 5.97 Å². The Morgan fingerprint density at radius 1 is 1.13 bits per heavy atom. The summed E-state index contributed by atoms with van der Waals surface area (Å²) in [5.41, 5.74) is -1.37. The molecule has 6 aliphatic rings. The number of aldehydes is 1. The number of carbonyl (C=O) groups excluding carboxylic acids is 2. The molecule has 9 nitrogen and oxygen atoms in total. The lowest BCUT2D eigenvalue weighted by Crippen LogP contribution is -2.67. The van der Waals surface area contributed by atoms with Gasteiger partial charge in [-0.15, -0.1) is 0 Å². The van der Waals surface area contributed by atoms with Gasteiger partial charge in [-0.1, -0.05) is 6.92 Å². The highest BCUT2D eigenvalue weighted by molar-refractivity contribution is 5.85. The highest BCUT2D eigenvalue weighted by atomic mass is 16.7. The summed E-state index contributed by atoms with van der Waals surface area (Å²) < 4.78 is 23.0. The van der Waals surface area contributed by atoms with Crippen molar-refractivity contribution < 1.29 is 43.9 Å². The molecule has 0 bridgehead atoms. The highest BCUT2D eigenvalue weighted by Crippen LogP contribution is 2.69. The Morgan fingerprint density at radius 2 is 1.92 bits per heavy atom. The van der Waals surface area contributed by atoms with Crippen LogP contribution in [-0.2, 0) is 28.5 Å². The molecule has 0 aromatic heterocycles. The first-order valence-electron chi connectivity index (χ1n) is 14.8. The summed E-state index contributed by atoms with van der Waals surface area (Å²) in [4.78, 5) is 24.8. The maximum Gasteiger partial charge on any atom is 0.331 e. The van der Waals surface area contributed by atoms with Crippen LogP contribution >= 0.6 is 0 Å². The van der Waals surface area contributed by atoms with Crippen molar-refractivity contribution in [1.29, 1.82) is 0 Å². The molecule has 4 saturated carbocycles. The minimum Gasteiger partial charge on any atom is -0.458 e. The van der Waals surface area contributed by atoms with E-state index in [-0.39, 0.29) is 48.5 Å². The van der Waals surface area contributed by atoms with Crippen LogP contribution < -0.4 is 0 Å². The van der Waals surface area contributed by atoms with Crippen molar-refractivity contribution >= 4 is 12.3 Å². The Morgan fingerprint density at radius 3 is 2.62 bits per heavy atom. The fraction of sp³-hybridized carbons (Fsp3) is 0.867. The molecular formula is C30H44O9. The number of carbonyl (C=O) groups is 2. The maximum absolute atomic E-state index is 13.0. The second kappa shape index (κ2) is 9.88. The van der Waals surface area contributed by atoms with Crippen molar-refractivity contribution in [3.05, 3.63) is 11.6 Å². The lowest BCUT2D eigenvalue weighted by atomic mass is 9.42. The minimum absolute atomic E-state index is 0.0223. The van der Waals surface area contributed by atoms with Crippen LogP contribution in [0, 0.1) is 34.5 Å². The second-order valence-corrected chi connectivity index (χ2v) is 13.5. The van der Waals surface area contributed by atoms with Gasteiger partial charge in [0.2, 0.25) is 0 Å². The zero-order valence-electron chi connectivity index (χ0n) is 23.3. The summed E-state index contributed by atoms with van der Waals surface area (Å²) >= 11 is 0. The number of aliphatic hydroxyl groups excluding tert-OH is 2. The fourth-order valence-corrected chi connectivity index (χ4v) is 10.0. The molecule has 0 radical (unpaired) electrons. The average molecular weight is 549 g/mol. The van der Waals surface area contributed by atoms with Gasteiger partial charge in [0, 0.05) is 36.4 Å². The molecule has 4 unspecified atom stereocenters. The average Bonchev–Trinajstić information content (AvgIpc) is 3.45. The first-order valence-corrected chi connectivity index (χ1v) is 14.8. The van der Waals surface area contributed by atoms with E-state index in [1.165, 1.54) is 0 Å². The van der Waals surface area contributed by atoms with Crippen LogP contribution in [-0.4, -0.2) is 83.7 Å². The predicted molar refractivity (Wildman–Crippen MR) is 138 cm³/mol. The molecule has 39 heavy (non-hydrogen) atoms. The third-order valence-corrected chi connectivity index (χ3v) is 12.0. The molecule has 5 fully saturated rings. The lowest BCUT2D eigenvalue weighted by molar-refractivity contribution is -0.276. The molecule has 6 rings (SSSR count). The molecule has 9 heteroatoms. The molecule has 2 aliphatic heterocycles. The SMILES string of the molecule is COC1C[C@@H](O[C@H]2CC[C@]3(C=O)C4C(CC[C@@H]3C2)[C@@]2(O)CC[C@H](C3=CC(=O)OC3)[C@@]2(C)C[C@H]4O)OC(C)[C@H]1O. The number of hydrogen-bond acceptors (Lipinski definition) is 9. The monoisotopic (exact) mass is 548 g/mol. The van der Waals surface area contributed by atoms with Gasteiger partial charge in [-0.25, -0.2) is 4.79 Å². The topological polar surface area (TPSA) is 132 Å². The highest BCUT2D eigenvalue weighted by Gasteiger charge is 2.71. The first-order chi connectivity index (χ1) is 18.6. The number of rotatable bonds is 5. The van der Waals surface area contributed by atoms with E-state index in [4.69, 9.17) is 18.9 Å². The third kappa shape index (κ3) is 4.09. The fourth-order valence-electron chi connectivity index (χ4n) is 10.0. The smallest absolute Gasteiger partial charge is 0.331 e. The number of esters is 1. The summed E-state index contributed by atoms with van der Waals surface area (Å²) in [6.07, 6.45) is 5.66. The van der Waals surface area contributed by atoms with Crippen LogP contribution in [0.2, 0.25) is 0 Å². The van der Waals surface area contributed by atoms with Gasteiger partial charge in [-0.05, 0) is 81.6 Å². The van der Waals surface area contributed by atoms with Gasteiger partial charge in [0.25, 0.3) is 0 Å². The summed E-state index contributed by atoms with van der Waals surface area (Å²) in [6, 6.07) is 0. The van der Waals surface area contributed by atoms with Crippen LogP contribution in [0.3, 0.4) is 0 Å². The van der Waals surface area contributed by atoms with E-state index in [2.05, 4.69) is 6.92 Å². The number of fused-ring (bicyclic) bond motifs is 5. The van der Waals surface area contributed by atoms with E-state index >= 15 is 0 Å². The number of hydrogen-bond donors (Lipinski definition) is 3. The molecule has 0 spiro atoms. The Balaban J connectivity index is 1.21. The Labute approximate surface area is 230 Å². The van der Waals surface area contributed by atoms with Crippen LogP contribution in [0.25, 0.3) is 0 Å². The largest absolute Gasteiger partial charge is 0.458 e. The van der Waals surface area contributed by atoms with E-state index in [1.807, 2.05) is 6.92 Å². The summed E-state index contributed by atoms with van der Waals surface area (Å²) in [6.45, 7) is 4.14. The zero-order valence-corrected chi connectivity index (χ0v) is 23.3. The summed E-state index contributed by atoms with van der Waals surface area (Å²) in [5, 5.41) is 34.4. The third-order valence-electron chi connectivity index (χ3n) is 12.0. The van der Waals surface area contributed by atoms with Crippen molar-refractivity contribution in [2.75, 3.05) is 13.7 Å². The summed E-state index contributed by atoms with van der Waals surface area (Å²) in [7, 11) is 1.58. The zero-order chi connectivity index (χ0) is 27.7. The van der Waals surface area contributed by atoms with Crippen LogP contribution in [0.5, 0.6) is 0 Å². The van der Waals surface area contributed by atoms with Gasteiger partial charge in [0.1, 0.15) is 19.0 Å². The maximum atomic E-state index is 13.0. The molecule has 0 amide bonds. The van der Waals surface area contributed by atoms with Gasteiger partial charge in [-0.2, -0.15) is 0 Å². The molecule has 0 aromatic carbocycles. The first kappa shape index (κ1) is 27.8. The molecule has 1 saturated heterocycles. The number of methoxy groups -OCH3 is 1. The molecule has 4 aliphatic carbocycles. The predicted octanol–water partition coefficient (Wildman–Crippen LogP) is 2.29. The normalized spacial score (nSPS) is 53.3. The van der Waals surface area contributed by atoms with Crippen molar-refractivity contribution in [3.63, 3.8) is 0 Å². The van der Waals surface area contributed by atoms with Crippen molar-refractivity contribution in [3.8, 4) is 0 Å². The quantitative estimate of drug-likeness (QED) is 0.269. The van der Waals surface area contributed by atoms with E-state index < -0.39 is 41.0 Å². The number of cyclic esters (lactones) is 1. The lowest BCUT2D eigenvalue weighted by Gasteiger charge is -2.64. The Bertz CT molecular complexity index is 1010. The molecule has 13 atom stereocenters. The van der Waals surface area contributed by atoms with Gasteiger partial charge in [-0.3, -0.25) is 0 Å². The van der Waals surface area contributed by atoms with E-state index in [0.29, 0.717) is 38.5 Å². The van der Waals surface area contributed by atoms with Crippen LogP contribution in [0.15, 0.2) is 11.6 Å². The van der Waals surface area contributed by atoms with Crippen molar-refractivity contribution in [2.24, 2.45) is 34.5 Å². The summed E-state index contributed by atoms with van der Waals surface area (Å²) in [5.74, 6) is -0.782. The van der Waals surface area contributed by atoms with Crippen molar-refractivity contribution in [1.82, 2.24) is 0 Å². The van der Waals surface area contributed by atoms with Crippen molar-refractivity contribution in [2.45, 2.75) is 114 Å². The van der Waals surface area contributed by atoms with Crippen LogP contribution in [0.1, 0.15) is 71.6 Å². The molecular weight excluding hydrogens is 504 g/mol. The molecule has 0 aromatic rings. The van der Waals surface area contributed by atoms with E-state index in [1.54, 1.807) is 13.2 Å². The van der Waals surface area contributed by atoms with Gasteiger partial charge in [0.15, 0.2) is 6.29 Å². The Hall–Kier alpha value is -1.36. The number of ether oxygens (including phenoxy) is 4.